The van der Waals surface area contributed by atoms with E-state index in [0.29, 0.717) is 22.3 Å². The number of rotatable bonds is 7. The van der Waals surface area contributed by atoms with E-state index in [9.17, 15) is 4.79 Å². The second-order valence-electron chi connectivity index (χ2n) is 4.71. The van der Waals surface area contributed by atoms with Crippen LogP contribution in [-0.4, -0.2) is 24.6 Å². The largest absolute Gasteiger partial charge is 0.482 e. The highest BCUT2D eigenvalue weighted by molar-refractivity contribution is 6.34. The molecule has 0 atom stereocenters. The molecule has 21 heavy (non-hydrogen) atoms. The number of carbonyl (C=O) groups excluding carboxylic acids is 1. The van der Waals surface area contributed by atoms with Crippen molar-refractivity contribution in [1.29, 1.82) is 0 Å². The quantitative estimate of drug-likeness (QED) is 0.787. The van der Waals surface area contributed by atoms with Gasteiger partial charge in [0.15, 0.2) is 6.61 Å². The summed E-state index contributed by atoms with van der Waals surface area (Å²) in [5.74, 6) is 0.150. The van der Waals surface area contributed by atoms with Crippen molar-refractivity contribution >= 4 is 41.5 Å². The number of hydrogen-bond acceptors (Lipinski definition) is 3. The Labute approximate surface area is 141 Å². The maximum Gasteiger partial charge on any atom is 0.258 e. The molecule has 0 spiro atoms. The molecule has 7 heteroatoms. The summed E-state index contributed by atoms with van der Waals surface area (Å²) in [7, 11) is 0. The molecule has 0 aliphatic heterocycles. The minimum absolute atomic E-state index is 0. The van der Waals surface area contributed by atoms with Crippen molar-refractivity contribution in [3.8, 4) is 5.75 Å². The first-order chi connectivity index (χ1) is 9.40. The number of nitrogens with two attached hydrogens (primary N) is 1. The topological polar surface area (TPSA) is 64.3 Å². The SMILES string of the molecule is CCC(N)(CC)CNC(=O)COc1cc(Cl)ccc1Cl.Cl. The predicted octanol–water partition coefficient (Wildman–Crippen LogP) is 3.43. The lowest BCUT2D eigenvalue weighted by Gasteiger charge is -2.26. The van der Waals surface area contributed by atoms with Gasteiger partial charge in [0, 0.05) is 23.2 Å². The second-order valence-corrected chi connectivity index (χ2v) is 5.55. The van der Waals surface area contributed by atoms with E-state index >= 15 is 0 Å². The molecule has 1 rings (SSSR count). The Morgan fingerprint density at radius 3 is 2.52 bits per heavy atom. The van der Waals surface area contributed by atoms with Gasteiger partial charge in [0.05, 0.1) is 5.02 Å². The number of benzene rings is 1. The van der Waals surface area contributed by atoms with Crippen LogP contribution in [0.15, 0.2) is 18.2 Å². The van der Waals surface area contributed by atoms with Crippen LogP contribution in [-0.2, 0) is 4.79 Å². The Morgan fingerprint density at radius 2 is 1.95 bits per heavy atom. The molecule has 0 saturated heterocycles. The van der Waals surface area contributed by atoms with Gasteiger partial charge in [-0.25, -0.2) is 0 Å². The number of hydrogen-bond donors (Lipinski definition) is 2. The molecular weight excluding hydrogens is 335 g/mol. The van der Waals surface area contributed by atoms with Crippen LogP contribution in [0.25, 0.3) is 0 Å². The summed E-state index contributed by atoms with van der Waals surface area (Å²) in [6.45, 7) is 4.30. The van der Waals surface area contributed by atoms with Crippen LogP contribution in [0.4, 0.5) is 0 Å². The standard InChI is InChI=1S/C14H20Cl2N2O2.ClH/c1-3-14(17,4-2)9-18-13(19)8-20-12-7-10(15)5-6-11(12)16;/h5-7H,3-4,8-9,17H2,1-2H3,(H,18,19);1H. The Morgan fingerprint density at radius 1 is 1.33 bits per heavy atom. The third-order valence-electron chi connectivity index (χ3n) is 3.30. The fourth-order valence-electron chi connectivity index (χ4n) is 1.56. The van der Waals surface area contributed by atoms with Crippen LogP contribution >= 0.6 is 35.6 Å². The molecule has 0 unspecified atom stereocenters. The first kappa shape index (κ1) is 20.3. The van der Waals surface area contributed by atoms with Crippen LogP contribution in [0.2, 0.25) is 10.0 Å². The van der Waals surface area contributed by atoms with Gasteiger partial charge in [-0.3, -0.25) is 4.79 Å². The van der Waals surface area contributed by atoms with E-state index in [1.54, 1.807) is 18.2 Å². The average Bonchev–Trinajstić information content (AvgIpc) is 2.45. The lowest BCUT2D eigenvalue weighted by Crippen LogP contribution is -2.50. The van der Waals surface area contributed by atoms with Crippen LogP contribution in [0.5, 0.6) is 5.75 Å². The van der Waals surface area contributed by atoms with E-state index in [-0.39, 0.29) is 30.5 Å². The molecule has 0 aliphatic rings. The number of halogens is 3. The van der Waals surface area contributed by atoms with Crippen molar-refractivity contribution in [2.24, 2.45) is 5.73 Å². The summed E-state index contributed by atoms with van der Waals surface area (Å²) in [4.78, 5) is 11.7. The summed E-state index contributed by atoms with van der Waals surface area (Å²) in [5, 5.41) is 3.68. The molecule has 0 saturated carbocycles. The van der Waals surface area contributed by atoms with Gasteiger partial charge in [-0.05, 0) is 25.0 Å². The maximum atomic E-state index is 11.7. The monoisotopic (exact) mass is 354 g/mol. The van der Waals surface area contributed by atoms with E-state index in [1.165, 1.54) is 0 Å². The molecule has 0 bridgehead atoms. The summed E-state index contributed by atoms with van der Waals surface area (Å²) in [6.07, 6.45) is 1.59. The average molecular weight is 356 g/mol. The Bertz CT molecular complexity index is 466. The van der Waals surface area contributed by atoms with Crippen molar-refractivity contribution < 1.29 is 9.53 Å². The second kappa shape index (κ2) is 9.36. The fraction of sp³-hybridized carbons (Fsp3) is 0.500. The summed E-state index contributed by atoms with van der Waals surface area (Å²) in [5.41, 5.74) is 5.73. The molecule has 4 nitrogen and oxygen atoms in total. The molecule has 3 N–H and O–H groups in total. The van der Waals surface area contributed by atoms with Crippen LogP contribution in [0.3, 0.4) is 0 Å². The van der Waals surface area contributed by atoms with Crippen LogP contribution in [0.1, 0.15) is 26.7 Å². The molecule has 120 valence electrons. The van der Waals surface area contributed by atoms with E-state index in [4.69, 9.17) is 33.7 Å². The molecular formula is C14H21Cl3N2O2. The van der Waals surface area contributed by atoms with E-state index in [2.05, 4.69) is 5.32 Å². The third-order valence-corrected chi connectivity index (χ3v) is 3.85. The summed E-state index contributed by atoms with van der Waals surface area (Å²) >= 11 is 11.8. The van der Waals surface area contributed by atoms with Gasteiger partial charge in [0.1, 0.15) is 5.75 Å². The van der Waals surface area contributed by atoms with Crippen molar-refractivity contribution in [3.63, 3.8) is 0 Å². The summed E-state index contributed by atoms with van der Waals surface area (Å²) in [6, 6.07) is 4.85. The van der Waals surface area contributed by atoms with Crippen LogP contribution in [0, 0.1) is 0 Å². The van der Waals surface area contributed by atoms with E-state index in [0.717, 1.165) is 12.8 Å². The molecule has 0 fully saturated rings. The first-order valence-corrected chi connectivity index (χ1v) is 7.29. The Balaban J connectivity index is 0.00000400. The number of ether oxygens (including phenoxy) is 1. The minimum atomic E-state index is -0.372. The summed E-state index contributed by atoms with van der Waals surface area (Å²) < 4.78 is 5.34. The van der Waals surface area contributed by atoms with Gasteiger partial charge >= 0.3 is 0 Å². The molecule has 0 radical (unpaired) electrons. The smallest absolute Gasteiger partial charge is 0.258 e. The number of nitrogens with one attached hydrogen (secondary N) is 1. The van der Waals surface area contributed by atoms with Gasteiger partial charge in [0.2, 0.25) is 0 Å². The Kier molecular flexibility index (Phi) is 9.06. The van der Waals surface area contributed by atoms with Crippen molar-refractivity contribution in [3.05, 3.63) is 28.2 Å². The lowest BCUT2D eigenvalue weighted by molar-refractivity contribution is -0.123. The van der Waals surface area contributed by atoms with Gasteiger partial charge in [0.25, 0.3) is 5.91 Å². The van der Waals surface area contributed by atoms with Gasteiger partial charge in [-0.1, -0.05) is 37.0 Å². The highest BCUT2D eigenvalue weighted by atomic mass is 35.5. The molecule has 0 aromatic heterocycles. The van der Waals surface area contributed by atoms with Gasteiger partial charge in [-0.15, -0.1) is 12.4 Å². The fourth-order valence-corrected chi connectivity index (χ4v) is 1.89. The van der Waals surface area contributed by atoms with E-state index < -0.39 is 0 Å². The normalized spacial score (nSPS) is 10.7. The first-order valence-electron chi connectivity index (χ1n) is 6.53. The number of carbonyl (C=O) groups is 1. The van der Waals surface area contributed by atoms with Crippen molar-refractivity contribution in [2.45, 2.75) is 32.2 Å². The molecule has 0 aliphatic carbocycles. The molecule has 1 amide bonds. The zero-order chi connectivity index (χ0) is 15.2. The van der Waals surface area contributed by atoms with Crippen molar-refractivity contribution in [1.82, 2.24) is 5.32 Å². The van der Waals surface area contributed by atoms with E-state index in [1.807, 2.05) is 13.8 Å². The van der Waals surface area contributed by atoms with Gasteiger partial charge < -0.3 is 15.8 Å². The third kappa shape index (κ3) is 6.74. The highest BCUT2D eigenvalue weighted by Gasteiger charge is 2.20. The predicted molar refractivity (Wildman–Crippen MR) is 89.7 cm³/mol. The molecule has 0 heterocycles. The molecule has 1 aromatic carbocycles. The number of amides is 1. The minimum Gasteiger partial charge on any atom is -0.482 e. The van der Waals surface area contributed by atoms with Crippen LogP contribution < -0.4 is 15.8 Å². The molecule has 1 aromatic rings. The maximum absolute atomic E-state index is 11.7. The van der Waals surface area contributed by atoms with Crippen molar-refractivity contribution in [2.75, 3.05) is 13.2 Å². The Hall–Kier alpha value is -0.680. The van der Waals surface area contributed by atoms with Gasteiger partial charge in [-0.2, -0.15) is 0 Å². The zero-order valence-electron chi connectivity index (χ0n) is 12.1. The zero-order valence-corrected chi connectivity index (χ0v) is 14.4. The highest BCUT2D eigenvalue weighted by Crippen LogP contribution is 2.27. The lowest BCUT2D eigenvalue weighted by atomic mass is 9.94.